The maximum Gasteiger partial charge on any atom is 0.228 e. The van der Waals surface area contributed by atoms with Gasteiger partial charge in [0.05, 0.1) is 25.1 Å². The van der Waals surface area contributed by atoms with Gasteiger partial charge in [-0.05, 0) is 53.6 Å². The Bertz CT molecular complexity index is 862. The van der Waals surface area contributed by atoms with Crippen LogP contribution in [0.4, 0.5) is 4.39 Å². The average molecular weight is 348 g/mol. The fourth-order valence-corrected chi connectivity index (χ4v) is 3.42. The van der Waals surface area contributed by atoms with Crippen LogP contribution in [-0.4, -0.2) is 26.2 Å². The monoisotopic (exact) mass is 348 g/mol. The molecule has 1 atom stereocenters. The Morgan fingerprint density at radius 2 is 1.71 bits per heavy atom. The van der Waals surface area contributed by atoms with Gasteiger partial charge in [-0.15, -0.1) is 4.41 Å². The number of methoxy groups -OCH3 is 1. The first-order chi connectivity index (χ1) is 11.4. The van der Waals surface area contributed by atoms with E-state index in [1.807, 2.05) is 12.1 Å². The van der Waals surface area contributed by atoms with Gasteiger partial charge in [0.2, 0.25) is 10.0 Å². The number of hydrazine groups is 1. The summed E-state index contributed by atoms with van der Waals surface area (Å²) < 4.78 is 43.6. The first-order valence-electron chi connectivity index (χ1n) is 7.26. The van der Waals surface area contributed by atoms with Crippen LogP contribution in [0.15, 0.2) is 54.6 Å². The zero-order chi connectivity index (χ0) is 17.3. The van der Waals surface area contributed by atoms with E-state index in [0.717, 1.165) is 11.8 Å². The van der Waals surface area contributed by atoms with Crippen molar-refractivity contribution in [3.8, 4) is 5.75 Å². The molecule has 1 aliphatic rings. The predicted molar refractivity (Wildman–Crippen MR) is 89.9 cm³/mol. The fraction of sp³-hybridized carbons (Fsp3) is 0.176. The number of benzene rings is 2. The van der Waals surface area contributed by atoms with Crippen LogP contribution >= 0.6 is 0 Å². The highest BCUT2D eigenvalue weighted by molar-refractivity contribution is 7.88. The molecule has 2 aromatic carbocycles. The summed E-state index contributed by atoms with van der Waals surface area (Å²) in [6.07, 6.45) is 2.93. The minimum absolute atomic E-state index is 0.366. The molecule has 0 aliphatic carbocycles. The maximum atomic E-state index is 13.1. The van der Waals surface area contributed by atoms with Gasteiger partial charge < -0.3 is 10.2 Å². The summed E-state index contributed by atoms with van der Waals surface area (Å²) in [5, 5.41) is 0. The molecule has 7 heteroatoms. The Balaban J connectivity index is 1.99. The minimum Gasteiger partial charge on any atom is -0.497 e. The van der Waals surface area contributed by atoms with Crippen molar-refractivity contribution >= 4 is 15.7 Å². The highest BCUT2D eigenvalue weighted by Gasteiger charge is 2.33. The summed E-state index contributed by atoms with van der Waals surface area (Å²) in [4.78, 5) is 0. The number of rotatable bonds is 4. The second kappa shape index (κ2) is 6.26. The number of hydrogen-bond acceptors (Lipinski definition) is 4. The van der Waals surface area contributed by atoms with Crippen molar-refractivity contribution in [2.75, 3.05) is 13.4 Å². The molecule has 1 unspecified atom stereocenters. The van der Waals surface area contributed by atoms with Gasteiger partial charge in [-0.25, -0.2) is 12.8 Å². The highest BCUT2D eigenvalue weighted by Crippen LogP contribution is 2.33. The molecule has 1 N–H and O–H groups in total. The molecule has 0 spiro atoms. The number of halogens is 1. The van der Waals surface area contributed by atoms with E-state index in [0.29, 0.717) is 17.0 Å². The fourth-order valence-electron chi connectivity index (χ4n) is 2.56. The van der Waals surface area contributed by atoms with Gasteiger partial charge in [0, 0.05) is 0 Å². The second-order valence-electron chi connectivity index (χ2n) is 5.48. The minimum atomic E-state index is -3.51. The molecule has 0 radical (unpaired) electrons. The quantitative estimate of drug-likeness (QED) is 0.923. The molecule has 126 valence electrons. The molecule has 0 saturated carbocycles. The van der Waals surface area contributed by atoms with Crippen LogP contribution in [0.25, 0.3) is 5.70 Å². The van der Waals surface area contributed by atoms with Gasteiger partial charge in [0.15, 0.2) is 0 Å². The van der Waals surface area contributed by atoms with Crippen LogP contribution < -0.4 is 10.2 Å². The highest BCUT2D eigenvalue weighted by atomic mass is 32.2. The molecular weight excluding hydrogens is 331 g/mol. The van der Waals surface area contributed by atoms with Crippen molar-refractivity contribution in [2.45, 2.75) is 6.04 Å². The molecule has 3 rings (SSSR count). The lowest BCUT2D eigenvalue weighted by Gasteiger charge is -2.22. The van der Waals surface area contributed by atoms with E-state index in [-0.39, 0.29) is 5.82 Å². The molecule has 24 heavy (non-hydrogen) atoms. The predicted octanol–water partition coefficient (Wildman–Crippen LogP) is 2.70. The van der Waals surface area contributed by atoms with Crippen LogP contribution in [-0.2, 0) is 10.0 Å². The van der Waals surface area contributed by atoms with E-state index >= 15 is 0 Å². The average Bonchev–Trinajstić information content (AvgIpc) is 3.01. The van der Waals surface area contributed by atoms with Crippen LogP contribution in [0, 0.1) is 5.82 Å². The second-order valence-corrected chi connectivity index (χ2v) is 7.34. The number of nitrogens with one attached hydrogen (secondary N) is 1. The van der Waals surface area contributed by atoms with Gasteiger partial charge in [-0.3, -0.25) is 0 Å². The van der Waals surface area contributed by atoms with E-state index in [2.05, 4.69) is 5.43 Å². The van der Waals surface area contributed by atoms with Gasteiger partial charge in [0.25, 0.3) is 0 Å². The summed E-state index contributed by atoms with van der Waals surface area (Å²) >= 11 is 0. The first kappa shape index (κ1) is 16.5. The van der Waals surface area contributed by atoms with Crippen molar-refractivity contribution in [3.05, 3.63) is 71.6 Å². The largest absolute Gasteiger partial charge is 0.497 e. The van der Waals surface area contributed by atoms with Crippen molar-refractivity contribution in [1.29, 1.82) is 0 Å². The maximum absolute atomic E-state index is 13.1. The number of nitrogens with zero attached hydrogens (tertiary/aromatic N) is 1. The third-order valence-electron chi connectivity index (χ3n) is 3.78. The van der Waals surface area contributed by atoms with E-state index in [4.69, 9.17) is 4.74 Å². The zero-order valence-corrected chi connectivity index (χ0v) is 14.0. The molecule has 1 heterocycles. The zero-order valence-electron chi connectivity index (χ0n) is 13.2. The lowest BCUT2D eigenvalue weighted by molar-refractivity contribution is 0.351. The Labute approximate surface area is 140 Å². The van der Waals surface area contributed by atoms with E-state index in [1.54, 1.807) is 37.5 Å². The van der Waals surface area contributed by atoms with Crippen LogP contribution in [0.5, 0.6) is 5.75 Å². The number of sulfonamides is 1. The topological polar surface area (TPSA) is 58.6 Å². The normalized spacial score (nSPS) is 18.1. The summed E-state index contributed by atoms with van der Waals surface area (Å²) in [7, 11) is -1.93. The van der Waals surface area contributed by atoms with Gasteiger partial charge >= 0.3 is 0 Å². The molecule has 2 aromatic rings. The first-order valence-corrected chi connectivity index (χ1v) is 9.11. The Morgan fingerprint density at radius 1 is 1.08 bits per heavy atom. The number of hydrogen-bond donors (Lipinski definition) is 1. The summed E-state index contributed by atoms with van der Waals surface area (Å²) in [5.41, 5.74) is 5.09. The van der Waals surface area contributed by atoms with E-state index in [9.17, 15) is 12.8 Å². The SMILES string of the molecule is COc1ccc(C2=CC(c3ccc(F)cc3)N(S(C)(=O)=O)N2)cc1. The smallest absolute Gasteiger partial charge is 0.228 e. The van der Waals surface area contributed by atoms with E-state index in [1.165, 1.54) is 16.5 Å². The third kappa shape index (κ3) is 3.27. The molecule has 1 aliphatic heterocycles. The Kier molecular flexibility index (Phi) is 4.29. The van der Waals surface area contributed by atoms with Crippen molar-refractivity contribution in [1.82, 2.24) is 9.84 Å². The summed E-state index contributed by atoms with van der Waals surface area (Å²) in [5.74, 6) is 0.349. The van der Waals surface area contributed by atoms with Crippen LogP contribution in [0.3, 0.4) is 0 Å². The molecule has 0 saturated heterocycles. The molecule has 0 bridgehead atoms. The lowest BCUT2D eigenvalue weighted by Crippen LogP contribution is -2.38. The summed E-state index contributed by atoms with van der Waals surface area (Å²) in [6.45, 7) is 0. The van der Waals surface area contributed by atoms with Gasteiger partial charge in [0.1, 0.15) is 11.6 Å². The lowest BCUT2D eigenvalue weighted by atomic mass is 10.1. The van der Waals surface area contributed by atoms with Crippen molar-refractivity contribution in [2.24, 2.45) is 0 Å². The van der Waals surface area contributed by atoms with Crippen molar-refractivity contribution < 1.29 is 17.5 Å². The molecule has 0 amide bonds. The Hall–Kier alpha value is -2.38. The third-order valence-corrected chi connectivity index (χ3v) is 4.81. The van der Waals surface area contributed by atoms with Crippen molar-refractivity contribution in [3.63, 3.8) is 0 Å². The Morgan fingerprint density at radius 3 is 2.25 bits per heavy atom. The molecule has 0 aromatic heterocycles. The summed E-state index contributed by atoms with van der Waals surface area (Å²) in [6, 6.07) is 12.5. The molecular formula is C17H17FN2O3S. The molecule has 5 nitrogen and oxygen atoms in total. The van der Waals surface area contributed by atoms with Crippen LogP contribution in [0.1, 0.15) is 17.2 Å². The standard InChI is InChI=1S/C17H17FN2O3S/c1-23-15-9-5-12(6-10-15)16-11-17(20(19-16)24(2,21)22)13-3-7-14(18)8-4-13/h3-11,17,19H,1-2H3. The number of ether oxygens (including phenoxy) is 1. The van der Waals surface area contributed by atoms with E-state index < -0.39 is 16.1 Å². The van der Waals surface area contributed by atoms with Gasteiger partial charge in [-0.2, -0.15) is 0 Å². The van der Waals surface area contributed by atoms with Crippen LogP contribution in [0.2, 0.25) is 0 Å². The van der Waals surface area contributed by atoms with Gasteiger partial charge in [-0.1, -0.05) is 12.1 Å². The molecule has 0 fully saturated rings.